The van der Waals surface area contributed by atoms with E-state index in [1.165, 1.54) is 6.08 Å². The van der Waals surface area contributed by atoms with Crippen molar-refractivity contribution in [3.05, 3.63) is 67.0 Å². The van der Waals surface area contributed by atoms with Crippen molar-refractivity contribution in [3.8, 4) is 17.0 Å². The van der Waals surface area contributed by atoms with Crippen molar-refractivity contribution in [2.75, 3.05) is 56.4 Å². The van der Waals surface area contributed by atoms with Gasteiger partial charge in [0.1, 0.15) is 11.5 Å². The zero-order valence-electron chi connectivity index (χ0n) is 25.0. The normalized spacial score (nSPS) is 11.5. The Kier molecular flexibility index (Phi) is 9.69. The Morgan fingerprint density at radius 3 is 2.58 bits per heavy atom. The molecule has 4 aromatic rings. The first-order valence-electron chi connectivity index (χ1n) is 13.6. The van der Waals surface area contributed by atoms with Crippen molar-refractivity contribution in [1.82, 2.24) is 19.4 Å². The molecule has 0 atom stereocenters. The van der Waals surface area contributed by atoms with E-state index in [1.807, 2.05) is 51.0 Å². The number of likely N-dealkylation sites (N-methyl/N-ethyl adjacent to an activating group) is 2. The van der Waals surface area contributed by atoms with E-state index in [9.17, 15) is 17.8 Å². The lowest BCUT2D eigenvalue weighted by atomic mass is 10.1. The van der Waals surface area contributed by atoms with Crippen LogP contribution in [0.4, 0.5) is 23.0 Å². The molecule has 0 unspecified atom stereocenters. The molecule has 2 aromatic carbocycles. The number of amides is 1. The molecule has 0 radical (unpaired) electrons. The number of hydrogen-bond acceptors (Lipinski definition) is 9. The van der Waals surface area contributed by atoms with Crippen LogP contribution in [0, 0.1) is 0 Å². The summed E-state index contributed by atoms with van der Waals surface area (Å²) < 4.78 is 40.0. The summed E-state index contributed by atoms with van der Waals surface area (Å²) >= 11 is 0. The minimum atomic E-state index is -4.19. The molecule has 0 aliphatic carbocycles. The third-order valence-electron chi connectivity index (χ3n) is 6.88. The second kappa shape index (κ2) is 13.2. The van der Waals surface area contributed by atoms with E-state index >= 15 is 0 Å². The summed E-state index contributed by atoms with van der Waals surface area (Å²) in [6, 6.07) is 10.6. The van der Waals surface area contributed by atoms with Crippen LogP contribution in [0.1, 0.15) is 12.5 Å². The van der Waals surface area contributed by atoms with E-state index in [0.717, 1.165) is 35.2 Å². The summed E-state index contributed by atoms with van der Waals surface area (Å²) in [4.78, 5) is 25.7. The molecule has 0 saturated heterocycles. The van der Waals surface area contributed by atoms with Crippen molar-refractivity contribution < 1.29 is 22.5 Å². The maximum absolute atomic E-state index is 12.4. The van der Waals surface area contributed by atoms with Gasteiger partial charge in [0.25, 0.3) is 10.1 Å². The smallest absolute Gasteiger partial charge is 0.269 e. The number of hydrogen-bond donors (Lipinski definition) is 3. The monoisotopic (exact) mass is 607 g/mol. The number of carbonyl (C=O) groups excluding carboxylic acids is 1. The van der Waals surface area contributed by atoms with E-state index in [1.54, 1.807) is 37.6 Å². The number of anilines is 4. The Bertz CT molecular complexity index is 1750. The van der Waals surface area contributed by atoms with Gasteiger partial charge in [0.2, 0.25) is 11.9 Å². The minimum absolute atomic E-state index is 0.288. The number of nitrogens with one attached hydrogen (secondary N) is 2. The highest BCUT2D eigenvalue weighted by molar-refractivity contribution is 7.85. The second-order valence-corrected chi connectivity index (χ2v) is 11.7. The molecule has 4 rings (SSSR count). The van der Waals surface area contributed by atoms with Gasteiger partial charge in [-0.05, 0) is 56.9 Å². The van der Waals surface area contributed by atoms with Gasteiger partial charge in [0.15, 0.2) is 0 Å². The van der Waals surface area contributed by atoms with Crippen molar-refractivity contribution in [3.63, 3.8) is 0 Å². The highest BCUT2D eigenvalue weighted by Crippen LogP contribution is 2.39. The topological polar surface area (TPSA) is 142 Å². The predicted octanol–water partition coefficient (Wildman–Crippen LogP) is 4.29. The average molecular weight is 608 g/mol. The molecular formula is C30H37N7O5S. The van der Waals surface area contributed by atoms with Crippen LogP contribution in [0.2, 0.25) is 0 Å². The van der Waals surface area contributed by atoms with Crippen LogP contribution < -0.4 is 20.3 Å². The third-order valence-corrected chi connectivity index (χ3v) is 7.58. The van der Waals surface area contributed by atoms with Gasteiger partial charge in [-0.15, -0.1) is 0 Å². The summed E-state index contributed by atoms with van der Waals surface area (Å²) in [6.45, 7) is 7.89. The van der Waals surface area contributed by atoms with Crippen LogP contribution in [0.25, 0.3) is 22.2 Å². The molecule has 1 amide bonds. The average Bonchev–Trinajstić information content (AvgIpc) is 3.28. The molecule has 13 heteroatoms. The Balaban J connectivity index is 1.74. The zero-order valence-corrected chi connectivity index (χ0v) is 25.8. The van der Waals surface area contributed by atoms with Gasteiger partial charge in [-0.25, -0.2) is 9.97 Å². The Hall–Kier alpha value is -4.46. The molecule has 0 spiro atoms. The zero-order chi connectivity index (χ0) is 31.3. The van der Waals surface area contributed by atoms with E-state index in [4.69, 9.17) is 9.72 Å². The summed E-state index contributed by atoms with van der Waals surface area (Å²) in [6.07, 6.45) is 4.74. The van der Waals surface area contributed by atoms with Gasteiger partial charge in [-0.3, -0.25) is 9.35 Å². The molecule has 0 aliphatic heterocycles. The SMILES string of the molecule is C=CC(=O)Nc1cc(Nc2nccc(-c3cn(C)c4ccc(CS(=O)(=O)O)cc34)n2)c(OC)cc1N(CC)CCN(C)C. The third kappa shape index (κ3) is 7.69. The highest BCUT2D eigenvalue weighted by Gasteiger charge is 2.19. The summed E-state index contributed by atoms with van der Waals surface area (Å²) in [7, 11) is 3.28. The number of rotatable bonds is 13. The van der Waals surface area contributed by atoms with Crippen LogP contribution in [0.3, 0.4) is 0 Å². The van der Waals surface area contributed by atoms with E-state index in [2.05, 4.69) is 32.0 Å². The lowest BCUT2D eigenvalue weighted by molar-refractivity contribution is -0.111. The number of aromatic nitrogens is 3. The van der Waals surface area contributed by atoms with Crippen LogP contribution in [-0.2, 0) is 27.7 Å². The fourth-order valence-electron chi connectivity index (χ4n) is 4.78. The number of aryl methyl sites for hydroxylation is 1. The van der Waals surface area contributed by atoms with Crippen LogP contribution in [-0.4, -0.2) is 79.2 Å². The first kappa shape index (κ1) is 31.5. The van der Waals surface area contributed by atoms with Gasteiger partial charge in [-0.2, -0.15) is 8.42 Å². The van der Waals surface area contributed by atoms with E-state index < -0.39 is 15.9 Å². The van der Waals surface area contributed by atoms with Gasteiger partial charge in [0, 0.05) is 61.6 Å². The number of benzene rings is 2. The fourth-order valence-corrected chi connectivity index (χ4v) is 5.38. The molecule has 0 saturated carbocycles. The van der Waals surface area contributed by atoms with Crippen molar-refractivity contribution >= 4 is 49.9 Å². The van der Waals surface area contributed by atoms with Gasteiger partial charge < -0.3 is 29.7 Å². The predicted molar refractivity (Wildman–Crippen MR) is 171 cm³/mol. The Labute approximate surface area is 251 Å². The molecule has 228 valence electrons. The number of nitrogens with zero attached hydrogens (tertiary/aromatic N) is 5. The fraction of sp³-hybridized carbons (Fsp3) is 0.300. The molecule has 43 heavy (non-hydrogen) atoms. The van der Waals surface area contributed by atoms with Gasteiger partial charge in [-0.1, -0.05) is 12.6 Å². The number of carbonyl (C=O) groups is 1. The Morgan fingerprint density at radius 1 is 1.16 bits per heavy atom. The molecule has 0 fully saturated rings. The van der Waals surface area contributed by atoms with E-state index in [-0.39, 0.29) is 11.9 Å². The molecule has 0 bridgehead atoms. The lowest BCUT2D eigenvalue weighted by Gasteiger charge is -2.28. The number of methoxy groups -OCH3 is 1. The van der Waals surface area contributed by atoms with Crippen LogP contribution in [0.5, 0.6) is 5.75 Å². The quantitative estimate of drug-likeness (QED) is 0.149. The lowest BCUT2D eigenvalue weighted by Crippen LogP contribution is -2.32. The minimum Gasteiger partial charge on any atom is -0.494 e. The number of ether oxygens (including phenoxy) is 1. The molecule has 0 aliphatic rings. The molecule has 12 nitrogen and oxygen atoms in total. The summed E-state index contributed by atoms with van der Waals surface area (Å²) in [5, 5.41) is 6.92. The molecular weight excluding hydrogens is 570 g/mol. The van der Waals surface area contributed by atoms with Gasteiger partial charge >= 0.3 is 0 Å². The van der Waals surface area contributed by atoms with Crippen molar-refractivity contribution in [2.24, 2.45) is 7.05 Å². The summed E-state index contributed by atoms with van der Waals surface area (Å²) in [5.74, 6) is -0.0120. The maximum atomic E-state index is 12.4. The standard InChI is InChI=1S/C30H37N7O5S/c1-7-29(38)32-24-16-25(28(42-6)17-27(24)37(8-2)14-13-35(3)4)34-30-31-12-11-23(33-30)22-18-36(5)26-10-9-20(15-21(22)26)19-43(39,40)41/h7,9-12,15-18H,1,8,13-14,19H2,2-6H3,(H,32,38)(H,31,33,34)(H,39,40,41). The molecule has 2 heterocycles. The Morgan fingerprint density at radius 2 is 1.93 bits per heavy atom. The largest absolute Gasteiger partial charge is 0.494 e. The second-order valence-electron chi connectivity index (χ2n) is 10.3. The van der Waals surface area contributed by atoms with Gasteiger partial charge in [0.05, 0.1) is 29.9 Å². The van der Waals surface area contributed by atoms with Crippen molar-refractivity contribution in [1.29, 1.82) is 0 Å². The first-order chi connectivity index (χ1) is 20.4. The van der Waals surface area contributed by atoms with Crippen LogP contribution in [0.15, 0.2) is 61.4 Å². The summed E-state index contributed by atoms with van der Waals surface area (Å²) in [5.41, 5.74) is 4.61. The van der Waals surface area contributed by atoms with Crippen molar-refractivity contribution in [2.45, 2.75) is 12.7 Å². The van der Waals surface area contributed by atoms with E-state index in [0.29, 0.717) is 34.9 Å². The first-order valence-corrected chi connectivity index (χ1v) is 15.2. The molecule has 2 aromatic heterocycles. The number of fused-ring (bicyclic) bond motifs is 1. The van der Waals surface area contributed by atoms with Crippen LogP contribution >= 0.6 is 0 Å². The highest BCUT2D eigenvalue weighted by atomic mass is 32.2. The molecule has 3 N–H and O–H groups in total. The maximum Gasteiger partial charge on any atom is 0.269 e.